The van der Waals surface area contributed by atoms with Crippen molar-refractivity contribution < 1.29 is 9.18 Å². The van der Waals surface area contributed by atoms with Crippen LogP contribution in [-0.4, -0.2) is 36.5 Å². The van der Waals surface area contributed by atoms with E-state index in [1.165, 1.54) is 17.7 Å². The van der Waals surface area contributed by atoms with E-state index in [0.717, 1.165) is 37.3 Å². The lowest BCUT2D eigenvalue weighted by Crippen LogP contribution is -2.48. The summed E-state index contributed by atoms with van der Waals surface area (Å²) in [5.74, 6) is -0.505. The third-order valence-electron chi connectivity index (χ3n) is 4.78. The Labute approximate surface area is 160 Å². The van der Waals surface area contributed by atoms with Crippen LogP contribution in [0.2, 0.25) is 0 Å². The summed E-state index contributed by atoms with van der Waals surface area (Å²) in [5, 5.41) is 6.17. The van der Waals surface area contributed by atoms with Crippen molar-refractivity contribution in [3.63, 3.8) is 0 Å². The first kappa shape index (κ1) is 19.3. The molecule has 0 spiro atoms. The first-order chi connectivity index (χ1) is 13.0. The molecule has 2 N–H and O–H groups in total. The molecule has 0 unspecified atom stereocenters. The summed E-state index contributed by atoms with van der Waals surface area (Å²) in [6, 6.07) is 13.5. The highest BCUT2D eigenvalue weighted by atomic mass is 19.1. The summed E-state index contributed by atoms with van der Waals surface area (Å²) in [5.41, 5.74) is 3.43. The number of rotatable bonds is 6. The topological polar surface area (TPSA) is 44.4 Å². The first-order valence-corrected chi connectivity index (χ1v) is 9.29. The fourth-order valence-electron chi connectivity index (χ4n) is 3.42. The van der Waals surface area contributed by atoms with Gasteiger partial charge in [-0.15, -0.1) is 0 Å². The second-order valence-electron chi connectivity index (χ2n) is 7.03. The predicted octanol–water partition coefficient (Wildman–Crippen LogP) is 3.09. The number of hydrogen-bond acceptors (Lipinski definition) is 3. The molecular formula is C22H26FN3O. The number of nitrogens with zero attached hydrogens (tertiary/aromatic N) is 1. The lowest BCUT2D eigenvalue weighted by Gasteiger charge is -2.31. The smallest absolute Gasteiger partial charge is 0.243 e. The molecule has 1 saturated heterocycles. The average molecular weight is 367 g/mol. The highest BCUT2D eigenvalue weighted by molar-refractivity contribution is 5.86. The summed E-state index contributed by atoms with van der Waals surface area (Å²) in [6.07, 6.45) is 1.23. The van der Waals surface area contributed by atoms with Gasteiger partial charge in [0, 0.05) is 44.3 Å². The molecule has 0 aromatic heterocycles. The van der Waals surface area contributed by atoms with Crippen LogP contribution in [-0.2, 0) is 17.9 Å². The van der Waals surface area contributed by atoms with Crippen LogP contribution in [0, 0.1) is 5.82 Å². The number of hydrogen-bond donors (Lipinski definition) is 2. The maximum atomic E-state index is 14.4. The monoisotopic (exact) mass is 367 g/mol. The Morgan fingerprint density at radius 3 is 2.96 bits per heavy atom. The van der Waals surface area contributed by atoms with E-state index < -0.39 is 0 Å². The van der Waals surface area contributed by atoms with Gasteiger partial charge in [0.05, 0.1) is 0 Å². The lowest BCUT2D eigenvalue weighted by molar-refractivity contribution is -0.116. The van der Waals surface area contributed by atoms with Gasteiger partial charge < -0.3 is 10.6 Å². The fourth-order valence-corrected chi connectivity index (χ4v) is 3.42. The van der Waals surface area contributed by atoms with Crippen LogP contribution in [0.3, 0.4) is 0 Å². The molecular weight excluding hydrogens is 341 g/mol. The molecule has 2 aromatic carbocycles. The van der Waals surface area contributed by atoms with Crippen LogP contribution in [0.1, 0.15) is 18.1 Å². The Balaban J connectivity index is 1.77. The first-order valence-electron chi connectivity index (χ1n) is 9.29. The number of benzene rings is 2. The average Bonchev–Trinajstić information content (AvgIpc) is 2.67. The third kappa shape index (κ3) is 5.25. The summed E-state index contributed by atoms with van der Waals surface area (Å²) < 4.78 is 14.4. The predicted molar refractivity (Wildman–Crippen MR) is 107 cm³/mol. The quantitative estimate of drug-likeness (QED) is 0.771. The number of halogens is 1. The molecule has 142 valence electrons. The van der Waals surface area contributed by atoms with E-state index in [1.807, 2.05) is 12.1 Å². The minimum Gasteiger partial charge on any atom is -0.348 e. The highest BCUT2D eigenvalue weighted by Gasteiger charge is 2.16. The van der Waals surface area contributed by atoms with Crippen LogP contribution < -0.4 is 10.6 Å². The zero-order valence-electron chi connectivity index (χ0n) is 15.7. The summed E-state index contributed by atoms with van der Waals surface area (Å²) in [7, 11) is 0. The van der Waals surface area contributed by atoms with Gasteiger partial charge in [-0.25, -0.2) is 4.39 Å². The van der Waals surface area contributed by atoms with Crippen molar-refractivity contribution in [3.05, 3.63) is 72.1 Å². The van der Waals surface area contributed by atoms with Gasteiger partial charge in [-0.1, -0.05) is 30.8 Å². The van der Waals surface area contributed by atoms with Crippen molar-refractivity contribution in [2.45, 2.75) is 26.1 Å². The van der Waals surface area contributed by atoms with Crippen molar-refractivity contribution in [2.24, 2.45) is 0 Å². The van der Waals surface area contributed by atoms with Crippen molar-refractivity contribution in [3.8, 4) is 11.1 Å². The molecule has 1 aliphatic heterocycles. The maximum absolute atomic E-state index is 14.4. The Morgan fingerprint density at radius 2 is 2.19 bits per heavy atom. The highest BCUT2D eigenvalue weighted by Crippen LogP contribution is 2.25. The zero-order valence-corrected chi connectivity index (χ0v) is 15.7. The second-order valence-corrected chi connectivity index (χ2v) is 7.03. The van der Waals surface area contributed by atoms with Gasteiger partial charge in [0.2, 0.25) is 5.91 Å². The fraction of sp³-hybridized carbons (Fsp3) is 0.318. The molecule has 1 amide bonds. The van der Waals surface area contributed by atoms with Crippen molar-refractivity contribution in [2.75, 3.05) is 19.6 Å². The molecule has 1 heterocycles. The van der Waals surface area contributed by atoms with Gasteiger partial charge in [-0.2, -0.15) is 0 Å². The number of carbonyl (C=O) groups excluding carboxylic acids is 1. The van der Waals surface area contributed by atoms with E-state index in [1.54, 1.807) is 12.1 Å². The van der Waals surface area contributed by atoms with Crippen LogP contribution in [0.5, 0.6) is 0 Å². The number of carbonyl (C=O) groups is 1. The molecule has 5 heteroatoms. The summed E-state index contributed by atoms with van der Waals surface area (Å²) in [4.78, 5) is 13.8. The molecule has 0 saturated carbocycles. The van der Waals surface area contributed by atoms with Crippen LogP contribution in [0.15, 0.2) is 55.1 Å². The Bertz CT molecular complexity index is 821. The largest absolute Gasteiger partial charge is 0.348 e. The molecule has 0 bridgehead atoms. The van der Waals surface area contributed by atoms with Gasteiger partial charge in [0.15, 0.2) is 0 Å². The van der Waals surface area contributed by atoms with E-state index in [2.05, 4.69) is 41.2 Å². The molecule has 0 radical (unpaired) electrons. The summed E-state index contributed by atoms with van der Waals surface area (Å²) in [6.45, 7) is 9.85. The maximum Gasteiger partial charge on any atom is 0.243 e. The third-order valence-corrected chi connectivity index (χ3v) is 4.78. The van der Waals surface area contributed by atoms with Crippen molar-refractivity contribution >= 4 is 5.91 Å². The van der Waals surface area contributed by atoms with E-state index in [4.69, 9.17) is 0 Å². The van der Waals surface area contributed by atoms with Crippen LogP contribution in [0.4, 0.5) is 4.39 Å². The molecule has 1 atom stereocenters. The minimum absolute atomic E-state index is 0.242. The molecule has 4 nitrogen and oxygen atoms in total. The van der Waals surface area contributed by atoms with Crippen molar-refractivity contribution in [1.29, 1.82) is 0 Å². The SMILES string of the molecule is C=CC(=O)NCc1ccc(F)c(-c2cccc(CN3CCN[C@@H](C)C3)c2)c1. The normalized spacial score (nSPS) is 17.5. The molecule has 27 heavy (non-hydrogen) atoms. The summed E-state index contributed by atoms with van der Waals surface area (Å²) >= 11 is 0. The Kier molecular flexibility index (Phi) is 6.37. The number of amides is 1. The van der Waals surface area contributed by atoms with E-state index in [-0.39, 0.29) is 11.7 Å². The lowest BCUT2D eigenvalue weighted by atomic mass is 10.00. The molecule has 1 aliphatic rings. The number of piperazine rings is 1. The van der Waals surface area contributed by atoms with Crippen molar-refractivity contribution in [1.82, 2.24) is 15.5 Å². The Hall–Kier alpha value is -2.50. The molecule has 1 fully saturated rings. The van der Waals surface area contributed by atoms with Gasteiger partial charge >= 0.3 is 0 Å². The van der Waals surface area contributed by atoms with Gasteiger partial charge in [-0.05, 0) is 47.9 Å². The standard InChI is InChI=1S/C22H26FN3O/c1-3-22(27)25-13-17-7-8-21(23)20(12-17)19-6-4-5-18(11-19)15-26-10-9-24-16(2)14-26/h3-8,11-12,16,24H,1,9-10,13-15H2,2H3,(H,25,27)/t16-/m0/s1. The van der Waals surface area contributed by atoms with Gasteiger partial charge in [0.25, 0.3) is 0 Å². The second kappa shape index (κ2) is 8.93. The molecule has 3 rings (SSSR count). The molecule has 2 aromatic rings. The minimum atomic E-state index is -0.262. The van der Waals surface area contributed by atoms with E-state index in [0.29, 0.717) is 18.2 Å². The van der Waals surface area contributed by atoms with E-state index >= 15 is 0 Å². The number of nitrogens with one attached hydrogen (secondary N) is 2. The van der Waals surface area contributed by atoms with Gasteiger partial charge in [-0.3, -0.25) is 9.69 Å². The van der Waals surface area contributed by atoms with Crippen LogP contribution in [0.25, 0.3) is 11.1 Å². The zero-order chi connectivity index (χ0) is 19.2. The molecule has 0 aliphatic carbocycles. The van der Waals surface area contributed by atoms with E-state index in [9.17, 15) is 9.18 Å². The van der Waals surface area contributed by atoms with Gasteiger partial charge in [0.1, 0.15) is 5.82 Å². The van der Waals surface area contributed by atoms with Crippen LogP contribution >= 0.6 is 0 Å². The Morgan fingerprint density at radius 1 is 1.33 bits per heavy atom.